The van der Waals surface area contributed by atoms with Crippen LogP contribution in [0.25, 0.3) is 0 Å². The average molecular weight is 195 g/mol. The normalized spacial score (nSPS) is 25.6. The lowest BCUT2D eigenvalue weighted by molar-refractivity contribution is 0.0328. The third-order valence-corrected chi connectivity index (χ3v) is 2.66. The van der Waals surface area contributed by atoms with Crippen molar-refractivity contribution in [2.75, 3.05) is 12.4 Å². The second-order valence-electron chi connectivity index (χ2n) is 3.65. The molecule has 14 heavy (non-hydrogen) atoms. The summed E-state index contributed by atoms with van der Waals surface area (Å²) in [6.07, 6.45) is 2.27. The van der Waals surface area contributed by atoms with E-state index in [1.807, 2.05) is 6.07 Å². The summed E-state index contributed by atoms with van der Waals surface area (Å²) in [6.45, 7) is 0. The zero-order valence-electron chi connectivity index (χ0n) is 8.16. The molecule has 0 amide bonds. The fraction of sp³-hybridized carbons (Fsp3) is 0.455. The number of ether oxygens (including phenoxy) is 1. The lowest BCUT2D eigenvalue weighted by Crippen LogP contribution is -2.40. The summed E-state index contributed by atoms with van der Waals surface area (Å²) in [5, 5.41) is 3.16. The standard InChI is InChI=1S/C11H14FNO/c1-14-9-6-8(7-9)13-11-5-3-2-4-10(11)12/h2-5,8-9,13H,6-7H2,1H3. The highest BCUT2D eigenvalue weighted by atomic mass is 19.1. The van der Waals surface area contributed by atoms with Crippen molar-refractivity contribution in [3.05, 3.63) is 30.1 Å². The Balaban J connectivity index is 1.90. The molecule has 2 rings (SSSR count). The van der Waals surface area contributed by atoms with Crippen LogP contribution in [0.3, 0.4) is 0 Å². The van der Waals surface area contributed by atoms with Gasteiger partial charge in [0.25, 0.3) is 0 Å². The molecule has 76 valence electrons. The van der Waals surface area contributed by atoms with E-state index >= 15 is 0 Å². The number of anilines is 1. The van der Waals surface area contributed by atoms with E-state index in [1.165, 1.54) is 6.07 Å². The van der Waals surface area contributed by atoms with Gasteiger partial charge in [-0.15, -0.1) is 0 Å². The van der Waals surface area contributed by atoms with Crippen molar-refractivity contribution in [3.8, 4) is 0 Å². The summed E-state index contributed by atoms with van der Waals surface area (Å²) >= 11 is 0. The molecule has 1 aromatic rings. The van der Waals surface area contributed by atoms with Crippen LogP contribution in [0, 0.1) is 5.82 Å². The zero-order chi connectivity index (χ0) is 9.97. The average Bonchev–Trinajstić information content (AvgIpc) is 2.13. The maximum Gasteiger partial charge on any atom is 0.146 e. The Kier molecular flexibility index (Phi) is 2.68. The molecule has 0 radical (unpaired) electrons. The van der Waals surface area contributed by atoms with E-state index in [0.29, 0.717) is 17.8 Å². The maximum absolute atomic E-state index is 13.2. The molecule has 0 atom stereocenters. The fourth-order valence-corrected chi connectivity index (χ4v) is 1.67. The van der Waals surface area contributed by atoms with Crippen LogP contribution >= 0.6 is 0 Å². The van der Waals surface area contributed by atoms with Gasteiger partial charge in [-0.2, -0.15) is 0 Å². The molecule has 1 aliphatic rings. The van der Waals surface area contributed by atoms with Crippen molar-refractivity contribution in [1.29, 1.82) is 0 Å². The topological polar surface area (TPSA) is 21.3 Å². The summed E-state index contributed by atoms with van der Waals surface area (Å²) in [6, 6.07) is 7.11. The highest BCUT2D eigenvalue weighted by Crippen LogP contribution is 2.27. The van der Waals surface area contributed by atoms with Crippen molar-refractivity contribution in [3.63, 3.8) is 0 Å². The van der Waals surface area contributed by atoms with Crippen LogP contribution < -0.4 is 5.32 Å². The summed E-state index contributed by atoms with van der Waals surface area (Å²) in [4.78, 5) is 0. The van der Waals surface area contributed by atoms with Crippen molar-refractivity contribution in [1.82, 2.24) is 0 Å². The van der Waals surface area contributed by atoms with Crippen molar-refractivity contribution in [2.24, 2.45) is 0 Å². The number of nitrogens with one attached hydrogen (secondary N) is 1. The molecule has 0 bridgehead atoms. The van der Waals surface area contributed by atoms with Crippen LogP contribution in [-0.2, 0) is 4.74 Å². The van der Waals surface area contributed by atoms with Gasteiger partial charge in [0.2, 0.25) is 0 Å². The highest BCUT2D eigenvalue weighted by Gasteiger charge is 2.29. The first-order chi connectivity index (χ1) is 6.79. The van der Waals surface area contributed by atoms with Crippen molar-refractivity contribution >= 4 is 5.69 Å². The fourth-order valence-electron chi connectivity index (χ4n) is 1.67. The molecule has 1 fully saturated rings. The van der Waals surface area contributed by atoms with E-state index in [-0.39, 0.29) is 5.82 Å². The Bertz CT molecular complexity index is 310. The smallest absolute Gasteiger partial charge is 0.146 e. The van der Waals surface area contributed by atoms with Crippen molar-refractivity contribution in [2.45, 2.75) is 25.0 Å². The highest BCUT2D eigenvalue weighted by molar-refractivity contribution is 5.45. The number of rotatable bonds is 3. The third-order valence-electron chi connectivity index (χ3n) is 2.66. The number of benzene rings is 1. The molecular weight excluding hydrogens is 181 g/mol. The van der Waals surface area contributed by atoms with Gasteiger partial charge in [-0.1, -0.05) is 12.1 Å². The lowest BCUT2D eigenvalue weighted by Gasteiger charge is -2.35. The second-order valence-corrected chi connectivity index (χ2v) is 3.65. The first kappa shape index (κ1) is 9.46. The van der Waals surface area contributed by atoms with Crippen LogP contribution in [-0.4, -0.2) is 19.3 Å². The Labute approximate surface area is 83.1 Å². The van der Waals surface area contributed by atoms with Crippen LogP contribution in [0.15, 0.2) is 24.3 Å². The minimum absolute atomic E-state index is 0.187. The van der Waals surface area contributed by atoms with Crippen molar-refractivity contribution < 1.29 is 9.13 Å². The molecule has 0 spiro atoms. The molecule has 1 N–H and O–H groups in total. The summed E-state index contributed by atoms with van der Waals surface area (Å²) in [5.41, 5.74) is 0.590. The van der Waals surface area contributed by atoms with E-state index in [4.69, 9.17) is 4.74 Å². The van der Waals surface area contributed by atoms with Gasteiger partial charge in [-0.3, -0.25) is 0 Å². The number of hydrogen-bond donors (Lipinski definition) is 1. The Morgan fingerprint density at radius 1 is 1.36 bits per heavy atom. The summed E-state index contributed by atoms with van der Waals surface area (Å²) < 4.78 is 18.3. The van der Waals surface area contributed by atoms with Gasteiger partial charge in [0, 0.05) is 13.2 Å². The van der Waals surface area contributed by atoms with Crippen LogP contribution in [0.2, 0.25) is 0 Å². The van der Waals surface area contributed by atoms with Crippen LogP contribution in [0.1, 0.15) is 12.8 Å². The number of para-hydroxylation sites is 1. The number of halogens is 1. The Hall–Kier alpha value is -1.09. The molecule has 0 saturated heterocycles. The molecule has 3 heteroatoms. The SMILES string of the molecule is COC1CC(Nc2ccccc2F)C1. The first-order valence-electron chi connectivity index (χ1n) is 4.83. The summed E-state index contributed by atoms with van der Waals surface area (Å²) in [7, 11) is 1.71. The molecule has 0 unspecified atom stereocenters. The molecule has 2 nitrogen and oxygen atoms in total. The molecule has 0 aromatic heterocycles. The van der Waals surface area contributed by atoms with Gasteiger partial charge >= 0.3 is 0 Å². The molecule has 1 saturated carbocycles. The molecule has 1 aromatic carbocycles. The van der Waals surface area contributed by atoms with Gasteiger partial charge in [-0.25, -0.2) is 4.39 Å². The van der Waals surface area contributed by atoms with Gasteiger partial charge in [0.05, 0.1) is 11.8 Å². The lowest BCUT2D eigenvalue weighted by atomic mass is 9.89. The first-order valence-corrected chi connectivity index (χ1v) is 4.83. The van der Waals surface area contributed by atoms with E-state index < -0.39 is 0 Å². The zero-order valence-corrected chi connectivity index (χ0v) is 8.16. The molecule has 1 aliphatic carbocycles. The van der Waals surface area contributed by atoms with E-state index in [1.54, 1.807) is 19.2 Å². The number of hydrogen-bond acceptors (Lipinski definition) is 2. The second kappa shape index (κ2) is 3.96. The van der Waals surface area contributed by atoms with E-state index in [9.17, 15) is 4.39 Å². The van der Waals surface area contributed by atoms with E-state index in [0.717, 1.165) is 12.8 Å². The summed E-state index contributed by atoms with van der Waals surface area (Å²) in [5.74, 6) is -0.187. The Morgan fingerprint density at radius 3 is 2.71 bits per heavy atom. The van der Waals surface area contributed by atoms with Gasteiger partial charge in [0.1, 0.15) is 5.82 Å². The van der Waals surface area contributed by atoms with Gasteiger partial charge in [0.15, 0.2) is 0 Å². The Morgan fingerprint density at radius 2 is 2.07 bits per heavy atom. The largest absolute Gasteiger partial charge is 0.381 e. The predicted octanol–water partition coefficient (Wildman–Crippen LogP) is 2.42. The van der Waals surface area contributed by atoms with E-state index in [2.05, 4.69) is 5.32 Å². The minimum atomic E-state index is -0.187. The predicted molar refractivity (Wildman–Crippen MR) is 53.8 cm³/mol. The quantitative estimate of drug-likeness (QED) is 0.799. The van der Waals surface area contributed by atoms with Gasteiger partial charge in [-0.05, 0) is 25.0 Å². The third kappa shape index (κ3) is 1.87. The molecule has 0 aliphatic heterocycles. The molecule has 0 heterocycles. The minimum Gasteiger partial charge on any atom is -0.381 e. The molecular formula is C11H14FNO. The number of methoxy groups -OCH3 is 1. The van der Waals surface area contributed by atoms with Gasteiger partial charge < -0.3 is 10.1 Å². The monoisotopic (exact) mass is 195 g/mol. The maximum atomic E-state index is 13.2. The van der Waals surface area contributed by atoms with Crippen LogP contribution in [0.4, 0.5) is 10.1 Å². The van der Waals surface area contributed by atoms with Crippen LogP contribution in [0.5, 0.6) is 0 Å².